The quantitative estimate of drug-likeness (QED) is 0.00452. The number of alkyl halides is 4. The molecule has 0 bridgehead atoms. The average molecular weight is 2280 g/mol. The molecule has 5 fully saturated rings. The van der Waals surface area contributed by atoms with Gasteiger partial charge in [0.05, 0.1) is 79.0 Å². The van der Waals surface area contributed by atoms with Crippen LogP contribution in [0.4, 0.5) is 42.9 Å². The van der Waals surface area contributed by atoms with Gasteiger partial charge in [-0.3, -0.25) is 57.7 Å². The van der Waals surface area contributed by atoms with E-state index in [1.165, 1.54) is 37.4 Å². The molecule has 0 spiro atoms. The number of carbonyl (C=O) groups is 6. The van der Waals surface area contributed by atoms with Crippen molar-refractivity contribution >= 4 is 134 Å². The lowest BCUT2D eigenvalue weighted by atomic mass is 10.0. The Morgan fingerprint density at radius 3 is 1.26 bits per heavy atom. The summed E-state index contributed by atoms with van der Waals surface area (Å²) >= 11 is 5.50. The molecule has 822 valence electrons. The van der Waals surface area contributed by atoms with Crippen molar-refractivity contribution < 1.29 is 154 Å². The van der Waals surface area contributed by atoms with Gasteiger partial charge in [0.1, 0.15) is 142 Å². The van der Waals surface area contributed by atoms with Gasteiger partial charge in [0, 0.05) is 70.7 Å². The first-order valence-electron chi connectivity index (χ1n) is 45.7. The zero-order valence-corrected chi connectivity index (χ0v) is 90.7. The first-order valence-corrected chi connectivity index (χ1v) is 61.3. The minimum atomic E-state index is -5.04. The number of H-pyrrole nitrogens is 1. The van der Waals surface area contributed by atoms with Gasteiger partial charge in [0.25, 0.3) is 22.2 Å². The molecule has 0 aliphatic carbocycles. The number of nitrogens with two attached hydrogens (primary N) is 5. The molecule has 10 heterocycles. The van der Waals surface area contributed by atoms with E-state index in [0.29, 0.717) is 36.5 Å². The number of nitrogens with one attached hydrogen (secondary N) is 6. The van der Waals surface area contributed by atoms with E-state index < -0.39 is 222 Å². The van der Waals surface area contributed by atoms with Crippen LogP contribution < -0.4 is 81.3 Å². The highest BCUT2D eigenvalue weighted by molar-refractivity contribution is 14.1. The Bertz CT molecular complexity index is 5190. The third-order valence-corrected chi connectivity index (χ3v) is 25.0. The van der Waals surface area contributed by atoms with Gasteiger partial charge in [-0.25, -0.2) is 9.97 Å². The SMILES string of the molecule is CCCCCCC(=O)NCCNC(=O)Cn1cc([C@@H]2O[C@H](COC)C(O)[C@@H]2O)c(=O)nc1N.CCOC(=O)CI.CNS.COC(=O)Cn1cc([C@@H]2O[C@H](CO)C(O)[C@@H]2O)c(=O)nc1N.C[Si](C)(C)OC[C@H]1O[C@@H](c2cnc(N)nc2O[Si](C)(C)C)[C@@H](O[Si](C)(C)C)C1O[Si](C)(C)C.Nc1nc(=O)c([C@@H]2O[C@H](CO)C(O)[C@@H]2O)cn1CC(=O)NCCNC(=O)C(F)(F)F.Nc1ncc([C@@H]2O[C@H](CO)C(O)[C@@H]2O)c(=O)[nH]1. The maximum Gasteiger partial charge on any atom is 0.471 e. The first kappa shape index (κ1) is 128. The summed E-state index contributed by atoms with van der Waals surface area (Å²) in [5, 5.41) is 115. The minimum absolute atomic E-state index is 0.0301. The molecule has 53 nitrogen and oxygen atoms in total. The van der Waals surface area contributed by atoms with Crippen molar-refractivity contribution in [3.8, 4) is 5.88 Å². The van der Waals surface area contributed by atoms with Crippen LogP contribution in [0.1, 0.15) is 104 Å². The van der Waals surface area contributed by atoms with Crippen molar-refractivity contribution in [2.75, 3.05) is 120 Å². The number of ether oxygens (including phenoxy) is 8. The molecule has 5 aliphatic rings. The number of halogens is 4. The Hall–Kier alpha value is -8.88. The summed E-state index contributed by atoms with van der Waals surface area (Å²) in [6.45, 7) is 28.0. The predicted molar refractivity (Wildman–Crippen MR) is 536 cm³/mol. The maximum absolute atomic E-state index is 12.3. The number of carbonyl (C=O) groups excluding carboxylic acids is 6. The van der Waals surface area contributed by atoms with E-state index in [4.69, 9.17) is 90.1 Å². The summed E-state index contributed by atoms with van der Waals surface area (Å²) in [7, 11) is -3.22. The Morgan fingerprint density at radius 1 is 0.497 bits per heavy atom. The zero-order valence-electron chi connectivity index (χ0n) is 83.6. The molecule has 0 radical (unpaired) electrons. The Labute approximate surface area is 856 Å². The fourth-order valence-corrected chi connectivity index (χ4v) is 17.7. The average Bonchev–Trinajstić information content (AvgIpc) is 1.62. The van der Waals surface area contributed by atoms with Crippen molar-refractivity contribution in [2.24, 2.45) is 0 Å². The van der Waals surface area contributed by atoms with E-state index in [-0.39, 0.29) is 115 Å². The van der Waals surface area contributed by atoms with E-state index in [2.05, 4.69) is 163 Å². The monoisotopic (exact) mass is 2270 g/mol. The number of methoxy groups -OCH3 is 2. The molecule has 0 saturated carbocycles. The van der Waals surface area contributed by atoms with Gasteiger partial charge in [0.15, 0.2) is 30.9 Å². The molecular weight excluding hydrogens is 2130 g/mol. The summed E-state index contributed by atoms with van der Waals surface area (Å²) in [4.78, 5) is 141. The Balaban J connectivity index is 0.000000374. The second-order valence-corrected chi connectivity index (χ2v) is 55.9. The summed E-state index contributed by atoms with van der Waals surface area (Å²) in [6.07, 6.45) is -14.8. The van der Waals surface area contributed by atoms with Crippen LogP contribution in [0.15, 0.2) is 50.2 Å². The molecule has 62 heteroatoms. The third-order valence-electron chi connectivity index (χ3n) is 20.6. The normalized spacial score (nSPS) is 24.3. The van der Waals surface area contributed by atoms with Gasteiger partial charge >= 0.3 is 24.0 Å². The van der Waals surface area contributed by atoms with Crippen LogP contribution in [0.2, 0.25) is 78.6 Å². The Kier molecular flexibility index (Phi) is 53.2. The van der Waals surface area contributed by atoms with E-state index >= 15 is 0 Å². The molecule has 20 atom stereocenters. The molecule has 5 saturated heterocycles. The van der Waals surface area contributed by atoms with Gasteiger partial charge in [-0.1, -0.05) is 61.6 Å². The van der Waals surface area contributed by atoms with E-state index in [9.17, 15) is 102 Å². The number of hydrogen-bond donors (Lipinski definition) is 23. The summed E-state index contributed by atoms with van der Waals surface area (Å²) in [6, 6.07) is 0. The number of thiol groups is 1. The Morgan fingerprint density at radius 2 is 0.890 bits per heavy atom. The minimum Gasteiger partial charge on any atom is -0.531 e. The van der Waals surface area contributed by atoms with Crippen molar-refractivity contribution in [1.29, 1.82) is 0 Å². The highest BCUT2D eigenvalue weighted by Crippen LogP contribution is 2.44. The lowest BCUT2D eigenvalue weighted by molar-refractivity contribution is -0.173. The number of unbranched alkanes of at least 4 members (excludes halogenated alkanes) is 3. The van der Waals surface area contributed by atoms with Crippen molar-refractivity contribution in [3.63, 3.8) is 0 Å². The largest absolute Gasteiger partial charge is 0.531 e. The standard InChI is InChI=1S/C21H35N5O7.C21H45N3O5Si4.C15H20F3N5O7.C12H17N3O7.C9H13N3O5.C4H7IO2.CH5NS/c1-3-4-5-6-7-15(27)23-8-9-24-16(28)11-26-10-13(20(31)25-21(26)22)19-18(30)17(29)14(33-19)12-32-2;1-30(2,3)25-14-16-18(27-31(4,5)6)19(28-32(7,8)9)17(26-16)15-13-23-21(22)24-20(15)29-33(10,11)12;16-15(17,18)13(29)21-2-1-20-8(25)4-23-3-6(12(28)22-14(23)19)11-10(27)9(26)7(5-24)30-11;1-21-7(17)3-15-2-5(11(20)14-12(15)13)10-9(19)8(18)6(4-16)22-10;10-9-11-1-3(8(16)12-9)7-6(15)5(14)4(2-13)17-7;1-2-7-4(6)3-5;1-2-3/h10,14,17-19,29-30H,3-9,11-12H2,1-2H3,(H,23,27)(H,24,28)(H2,22,25,31);13,16-19H,14H2,1-12H3,(H2,22,23,24);3,7,9-11,24,26-27H,1-2,4-5H2,(H,20,25)(H,21,29)(H2,19,22,28);2,6,8-10,16,18-19H,3-4H2,1H3,(H2,13,14,20);1,4-7,13-15H,2H2,(H3,10,11,12,16);2-3H2,1H3;2-3H,1H3/t14-,17?,18+,19+;16-,17+,18?,19-;7-,9?,10+,11+;6-,8?,9+,10+;4-,5?,6+,7+;;/m11111../s1. The second-order valence-electron chi connectivity index (χ2n) is 36.8. The van der Waals surface area contributed by atoms with Crippen LogP contribution in [0, 0.1) is 0 Å². The number of nitrogen functional groups attached to an aromatic ring is 5. The number of anilines is 5. The number of aliphatic hydroxyl groups is 11. The number of rotatable bonds is 38. The number of aromatic nitrogens is 10. The van der Waals surface area contributed by atoms with Gasteiger partial charge in [-0.2, -0.15) is 33.1 Å². The van der Waals surface area contributed by atoms with E-state index in [0.717, 1.165) is 46.6 Å². The molecule has 10 rings (SSSR count). The number of aliphatic hydroxyl groups excluding tert-OH is 11. The number of esters is 2. The summed E-state index contributed by atoms with van der Waals surface area (Å²) in [5.74, 6) is -4.20. The molecule has 5 unspecified atom stereocenters. The molecule has 27 N–H and O–H groups in total. The molecule has 145 heavy (non-hydrogen) atoms. The molecular formula is C83H142F3IN20O33SSi4. The number of aromatic amines is 1. The van der Waals surface area contributed by atoms with Crippen molar-refractivity contribution in [3.05, 3.63) is 100 Å². The number of amides is 4. The summed E-state index contributed by atoms with van der Waals surface area (Å²) < 4.78 is 110. The first-order chi connectivity index (χ1) is 67.6. The van der Waals surface area contributed by atoms with Crippen LogP contribution >= 0.6 is 35.4 Å². The lowest BCUT2D eigenvalue weighted by Gasteiger charge is -2.35. The zero-order chi connectivity index (χ0) is 110. The van der Waals surface area contributed by atoms with Crippen LogP contribution in [0.25, 0.3) is 0 Å². The maximum atomic E-state index is 12.3. The van der Waals surface area contributed by atoms with Crippen LogP contribution in [0.5, 0.6) is 5.88 Å². The molecule has 5 aromatic rings. The lowest BCUT2D eigenvalue weighted by Crippen LogP contribution is -2.48. The molecule has 5 aliphatic heterocycles. The van der Waals surface area contributed by atoms with Gasteiger partial charge in [0.2, 0.25) is 55.7 Å². The fourth-order valence-electron chi connectivity index (χ4n) is 13.9. The van der Waals surface area contributed by atoms with Crippen LogP contribution in [0.3, 0.4) is 0 Å². The highest BCUT2D eigenvalue weighted by atomic mass is 127. The second kappa shape index (κ2) is 60.1. The smallest absolute Gasteiger partial charge is 0.471 e. The topological polar surface area (TPSA) is 802 Å². The van der Waals surface area contributed by atoms with E-state index in [1.807, 2.05) is 22.6 Å². The van der Waals surface area contributed by atoms with Gasteiger partial charge in [-0.05, 0) is 99.0 Å². The third kappa shape index (κ3) is 41.5. The fraction of sp³-hybridized carbons (Fsp3) is 0.687. The predicted octanol–water partition coefficient (Wildman–Crippen LogP) is -3.69. The van der Waals surface area contributed by atoms with Crippen LogP contribution in [-0.2, 0) is 99.6 Å². The van der Waals surface area contributed by atoms with Gasteiger partial charge in [-0.15, -0.1) is 0 Å². The number of hydrogen-bond acceptors (Lipinski definition) is 46. The molecule has 0 aromatic carbocycles. The molecule has 4 amide bonds. The van der Waals surface area contributed by atoms with Crippen molar-refractivity contribution in [2.45, 2.75) is 272 Å². The highest BCUT2D eigenvalue weighted by Gasteiger charge is 2.53. The van der Waals surface area contributed by atoms with Crippen molar-refractivity contribution in [1.82, 2.24) is 74.6 Å². The van der Waals surface area contributed by atoms with E-state index in [1.54, 1.807) is 25.5 Å². The van der Waals surface area contributed by atoms with Crippen LogP contribution in [-0.4, -0.2) is 363 Å². The van der Waals surface area contributed by atoms with Gasteiger partial charge < -0.3 is 175 Å². The number of nitrogens with zero attached hydrogens (tertiary/aromatic N) is 9. The molecule has 5 aromatic heterocycles. The summed E-state index contributed by atoms with van der Waals surface area (Å²) in [5.41, 5.74) is 25.7.